The van der Waals surface area contributed by atoms with Crippen molar-refractivity contribution in [3.63, 3.8) is 0 Å². The zero-order valence-electron chi connectivity index (χ0n) is 11.7. The number of hydrogen-bond donors (Lipinski definition) is 1. The van der Waals surface area contributed by atoms with Crippen LogP contribution in [0.5, 0.6) is 5.75 Å². The van der Waals surface area contributed by atoms with Crippen molar-refractivity contribution in [1.29, 1.82) is 0 Å². The van der Waals surface area contributed by atoms with E-state index in [1.807, 2.05) is 49.4 Å². The lowest BCUT2D eigenvalue weighted by molar-refractivity contribution is -0.127. The molecule has 0 aliphatic heterocycles. The predicted octanol–water partition coefficient (Wildman–Crippen LogP) is 2.47. The molecule has 1 heterocycles. The number of hydrogen-bond acceptors (Lipinski definition) is 3. The van der Waals surface area contributed by atoms with Gasteiger partial charge in [-0.15, -0.1) is 0 Å². The van der Waals surface area contributed by atoms with Crippen molar-refractivity contribution in [3.8, 4) is 5.75 Å². The van der Waals surface area contributed by atoms with Crippen molar-refractivity contribution in [2.45, 2.75) is 26.5 Å². The molecular formula is C16H18N2O2. The summed E-state index contributed by atoms with van der Waals surface area (Å²) >= 11 is 0. The van der Waals surface area contributed by atoms with Crippen LogP contribution >= 0.6 is 0 Å². The van der Waals surface area contributed by atoms with Crippen molar-refractivity contribution in [3.05, 3.63) is 59.9 Å². The van der Waals surface area contributed by atoms with Crippen LogP contribution in [0.1, 0.15) is 18.2 Å². The first-order chi connectivity index (χ1) is 9.65. The molecule has 0 radical (unpaired) electrons. The molecule has 0 fully saturated rings. The second-order valence-electron chi connectivity index (χ2n) is 4.61. The molecule has 104 valence electrons. The van der Waals surface area contributed by atoms with Gasteiger partial charge in [0.2, 0.25) is 0 Å². The van der Waals surface area contributed by atoms with Gasteiger partial charge in [-0.05, 0) is 38.1 Å². The standard InChI is InChI=1S/C16H18N2O2/c1-12-6-8-15(9-7-12)20-13(2)16(19)18-11-14-5-3-4-10-17-14/h3-10,13H,11H2,1-2H3,(H,18,19)/t13-/m1/s1. The molecule has 1 aromatic carbocycles. The Kier molecular flexibility index (Phi) is 4.71. The summed E-state index contributed by atoms with van der Waals surface area (Å²) in [4.78, 5) is 16.1. The molecule has 1 N–H and O–H groups in total. The molecular weight excluding hydrogens is 252 g/mol. The van der Waals surface area contributed by atoms with Gasteiger partial charge in [-0.3, -0.25) is 9.78 Å². The van der Waals surface area contributed by atoms with E-state index >= 15 is 0 Å². The first kappa shape index (κ1) is 14.1. The number of benzene rings is 1. The summed E-state index contributed by atoms with van der Waals surface area (Å²) in [5.74, 6) is 0.535. The quantitative estimate of drug-likeness (QED) is 0.908. The molecule has 0 aliphatic rings. The predicted molar refractivity (Wildman–Crippen MR) is 77.4 cm³/mol. The number of nitrogens with one attached hydrogen (secondary N) is 1. The third-order valence-electron chi connectivity index (χ3n) is 2.87. The average Bonchev–Trinajstić information content (AvgIpc) is 2.48. The Morgan fingerprint density at radius 3 is 2.65 bits per heavy atom. The minimum absolute atomic E-state index is 0.156. The van der Waals surface area contributed by atoms with E-state index in [9.17, 15) is 4.79 Å². The topological polar surface area (TPSA) is 51.2 Å². The Balaban J connectivity index is 1.84. The molecule has 4 nitrogen and oxygen atoms in total. The van der Waals surface area contributed by atoms with Crippen LogP contribution in [0.4, 0.5) is 0 Å². The minimum atomic E-state index is -0.540. The highest BCUT2D eigenvalue weighted by atomic mass is 16.5. The molecule has 0 bridgehead atoms. The maximum Gasteiger partial charge on any atom is 0.261 e. The third-order valence-corrected chi connectivity index (χ3v) is 2.87. The molecule has 0 spiro atoms. The number of amides is 1. The third kappa shape index (κ3) is 4.09. The van der Waals surface area contributed by atoms with Gasteiger partial charge in [-0.2, -0.15) is 0 Å². The molecule has 0 unspecified atom stereocenters. The Morgan fingerprint density at radius 2 is 2.00 bits per heavy atom. The Hall–Kier alpha value is -2.36. The second kappa shape index (κ2) is 6.70. The number of carbonyl (C=O) groups excluding carboxylic acids is 1. The number of rotatable bonds is 5. The smallest absolute Gasteiger partial charge is 0.261 e. The van der Waals surface area contributed by atoms with Crippen LogP contribution in [0, 0.1) is 6.92 Å². The molecule has 0 aliphatic carbocycles. The van der Waals surface area contributed by atoms with Crippen molar-refractivity contribution in [1.82, 2.24) is 10.3 Å². The van der Waals surface area contributed by atoms with E-state index in [1.54, 1.807) is 13.1 Å². The van der Waals surface area contributed by atoms with Crippen LogP contribution < -0.4 is 10.1 Å². The van der Waals surface area contributed by atoms with Gasteiger partial charge in [-0.25, -0.2) is 0 Å². The Morgan fingerprint density at radius 1 is 1.25 bits per heavy atom. The van der Waals surface area contributed by atoms with Gasteiger partial charge in [-0.1, -0.05) is 23.8 Å². The number of ether oxygens (including phenoxy) is 1. The van der Waals surface area contributed by atoms with Gasteiger partial charge in [0.15, 0.2) is 6.10 Å². The largest absolute Gasteiger partial charge is 0.481 e. The highest BCUT2D eigenvalue weighted by Gasteiger charge is 2.14. The fourth-order valence-electron chi connectivity index (χ4n) is 1.70. The summed E-state index contributed by atoms with van der Waals surface area (Å²) in [5.41, 5.74) is 1.98. The highest BCUT2D eigenvalue weighted by Crippen LogP contribution is 2.13. The molecule has 1 amide bonds. The first-order valence-electron chi connectivity index (χ1n) is 6.56. The summed E-state index contributed by atoms with van der Waals surface area (Å²) in [7, 11) is 0. The Labute approximate surface area is 118 Å². The number of nitrogens with zero attached hydrogens (tertiary/aromatic N) is 1. The van der Waals surface area contributed by atoms with Gasteiger partial charge in [0, 0.05) is 6.20 Å². The summed E-state index contributed by atoms with van der Waals surface area (Å²) in [6.45, 7) is 4.14. The maximum atomic E-state index is 11.9. The van der Waals surface area contributed by atoms with E-state index in [2.05, 4.69) is 10.3 Å². The summed E-state index contributed by atoms with van der Waals surface area (Å²) in [6, 6.07) is 13.2. The van der Waals surface area contributed by atoms with Crippen molar-refractivity contribution in [2.75, 3.05) is 0 Å². The van der Waals surface area contributed by atoms with Gasteiger partial charge in [0.1, 0.15) is 5.75 Å². The molecule has 1 atom stereocenters. The summed E-state index contributed by atoms with van der Waals surface area (Å²) in [6.07, 6.45) is 1.16. The van der Waals surface area contributed by atoms with E-state index in [0.717, 1.165) is 11.3 Å². The van der Waals surface area contributed by atoms with E-state index < -0.39 is 6.10 Å². The first-order valence-corrected chi connectivity index (χ1v) is 6.56. The SMILES string of the molecule is Cc1ccc(O[C@H](C)C(=O)NCc2ccccn2)cc1. The van der Waals surface area contributed by atoms with Crippen molar-refractivity contribution < 1.29 is 9.53 Å². The fraction of sp³-hybridized carbons (Fsp3) is 0.250. The summed E-state index contributed by atoms with van der Waals surface area (Å²) in [5, 5.41) is 2.80. The molecule has 4 heteroatoms. The summed E-state index contributed by atoms with van der Waals surface area (Å²) < 4.78 is 5.59. The lowest BCUT2D eigenvalue weighted by Gasteiger charge is -2.14. The Bertz CT molecular complexity index is 552. The molecule has 2 rings (SSSR count). The van der Waals surface area contributed by atoms with Gasteiger partial charge >= 0.3 is 0 Å². The molecule has 20 heavy (non-hydrogen) atoms. The lowest BCUT2D eigenvalue weighted by atomic mass is 10.2. The van der Waals surface area contributed by atoms with Crippen LogP contribution in [-0.2, 0) is 11.3 Å². The van der Waals surface area contributed by atoms with Crippen LogP contribution in [0.15, 0.2) is 48.7 Å². The van der Waals surface area contributed by atoms with Crippen molar-refractivity contribution in [2.24, 2.45) is 0 Å². The number of carbonyl (C=O) groups is 1. The zero-order valence-corrected chi connectivity index (χ0v) is 11.7. The number of pyridine rings is 1. The van der Waals surface area contributed by atoms with Gasteiger partial charge in [0.25, 0.3) is 5.91 Å². The minimum Gasteiger partial charge on any atom is -0.481 e. The number of aromatic nitrogens is 1. The fourth-order valence-corrected chi connectivity index (χ4v) is 1.70. The molecule has 0 saturated carbocycles. The lowest BCUT2D eigenvalue weighted by Crippen LogP contribution is -2.36. The van der Waals surface area contributed by atoms with Crippen molar-refractivity contribution >= 4 is 5.91 Å². The monoisotopic (exact) mass is 270 g/mol. The number of aryl methyl sites for hydroxylation is 1. The van der Waals surface area contributed by atoms with Gasteiger partial charge < -0.3 is 10.1 Å². The highest BCUT2D eigenvalue weighted by molar-refractivity contribution is 5.80. The molecule has 2 aromatic rings. The van der Waals surface area contributed by atoms with E-state index in [-0.39, 0.29) is 5.91 Å². The van der Waals surface area contributed by atoms with Crippen LogP contribution in [0.3, 0.4) is 0 Å². The van der Waals surface area contributed by atoms with Gasteiger partial charge in [0.05, 0.1) is 12.2 Å². The van der Waals surface area contributed by atoms with E-state index in [4.69, 9.17) is 4.74 Å². The molecule has 1 aromatic heterocycles. The van der Waals surface area contributed by atoms with E-state index in [1.165, 1.54) is 0 Å². The average molecular weight is 270 g/mol. The maximum absolute atomic E-state index is 11.9. The van der Waals surface area contributed by atoms with Crippen LogP contribution in [0.2, 0.25) is 0 Å². The van der Waals surface area contributed by atoms with E-state index in [0.29, 0.717) is 12.3 Å². The van der Waals surface area contributed by atoms with Crippen LogP contribution in [0.25, 0.3) is 0 Å². The second-order valence-corrected chi connectivity index (χ2v) is 4.61. The normalized spacial score (nSPS) is 11.7. The molecule has 0 saturated heterocycles. The zero-order chi connectivity index (χ0) is 14.4. The van der Waals surface area contributed by atoms with Crippen LogP contribution in [-0.4, -0.2) is 17.0 Å².